The topological polar surface area (TPSA) is 130 Å². The summed E-state index contributed by atoms with van der Waals surface area (Å²) in [6, 6.07) is 7.35. The molecule has 0 amide bonds. The molecule has 3 aliphatic rings. The van der Waals surface area contributed by atoms with Crippen molar-refractivity contribution < 1.29 is 17.9 Å². The highest BCUT2D eigenvalue weighted by atomic mass is 35.5. The Kier molecular flexibility index (Phi) is 9.59. The lowest BCUT2D eigenvalue weighted by Crippen LogP contribution is -2.40. The zero-order valence-electron chi connectivity index (χ0n) is 23.4. The fraction of sp³-hybridized carbons (Fsp3) is 0.500. The van der Waals surface area contributed by atoms with Crippen LogP contribution in [0.3, 0.4) is 0 Å². The van der Waals surface area contributed by atoms with Crippen molar-refractivity contribution in [3.63, 3.8) is 0 Å². The third-order valence-electron chi connectivity index (χ3n) is 7.37. The second kappa shape index (κ2) is 13.2. The maximum atomic E-state index is 12.0. The quantitative estimate of drug-likeness (QED) is 0.255. The number of halogens is 1. The molecule has 41 heavy (non-hydrogen) atoms. The first kappa shape index (κ1) is 29.9. The highest BCUT2D eigenvalue weighted by molar-refractivity contribution is 7.87. The summed E-state index contributed by atoms with van der Waals surface area (Å²) in [7, 11) is -3.50. The van der Waals surface area contributed by atoms with Gasteiger partial charge in [0.15, 0.2) is 5.82 Å². The van der Waals surface area contributed by atoms with Crippen LogP contribution >= 0.6 is 11.6 Å². The number of morpholine rings is 1. The Bertz CT molecular complexity index is 1360. The van der Waals surface area contributed by atoms with Crippen LogP contribution in [0.1, 0.15) is 32.3 Å². The van der Waals surface area contributed by atoms with Gasteiger partial charge in [0.05, 0.1) is 32.1 Å². The summed E-state index contributed by atoms with van der Waals surface area (Å²) in [6.45, 7) is 9.34. The monoisotopic (exact) mass is 603 g/mol. The minimum Gasteiger partial charge on any atom is -0.379 e. The Morgan fingerprint density at radius 2 is 1.95 bits per heavy atom. The maximum absolute atomic E-state index is 12.0. The molecular weight excluding hydrogens is 566 g/mol. The van der Waals surface area contributed by atoms with E-state index in [9.17, 15) is 8.42 Å². The lowest BCUT2D eigenvalue weighted by Gasteiger charge is -2.34. The van der Waals surface area contributed by atoms with Crippen molar-refractivity contribution in [2.45, 2.75) is 50.9 Å². The average molecular weight is 604 g/mol. The Balaban J connectivity index is 1.13. The van der Waals surface area contributed by atoms with E-state index < -0.39 is 15.8 Å². The Labute approximate surface area is 246 Å². The average Bonchev–Trinajstić information content (AvgIpc) is 3.76. The van der Waals surface area contributed by atoms with E-state index in [2.05, 4.69) is 67.0 Å². The molecule has 13 heteroatoms. The smallest absolute Gasteiger partial charge is 0.277 e. The zero-order valence-corrected chi connectivity index (χ0v) is 25.0. The van der Waals surface area contributed by atoms with E-state index in [0.29, 0.717) is 23.4 Å². The summed E-state index contributed by atoms with van der Waals surface area (Å²) in [5.41, 5.74) is 2.24. The molecule has 1 aromatic carbocycles. The van der Waals surface area contributed by atoms with Gasteiger partial charge in [0.1, 0.15) is 10.6 Å². The molecule has 0 bridgehead atoms. The van der Waals surface area contributed by atoms with Crippen molar-refractivity contribution in [3.05, 3.63) is 64.8 Å². The van der Waals surface area contributed by atoms with Crippen LogP contribution in [-0.2, 0) is 26.2 Å². The number of nitrogens with zero attached hydrogens (tertiary/aromatic N) is 3. The number of rotatable bonds is 13. The van der Waals surface area contributed by atoms with Crippen molar-refractivity contribution in [1.82, 2.24) is 24.3 Å². The Morgan fingerprint density at radius 3 is 2.66 bits per heavy atom. The van der Waals surface area contributed by atoms with Crippen molar-refractivity contribution in [2.75, 3.05) is 50.1 Å². The molecule has 0 radical (unpaired) electrons. The Hall–Kier alpha value is -2.58. The molecule has 1 saturated carbocycles. The summed E-state index contributed by atoms with van der Waals surface area (Å²) in [5, 5.41) is 6.93. The molecule has 11 nitrogen and oxygen atoms in total. The molecule has 0 spiro atoms. The van der Waals surface area contributed by atoms with Gasteiger partial charge in [-0.3, -0.25) is 4.90 Å². The molecule has 1 saturated heterocycles. The molecule has 2 aromatic rings. The molecule has 2 unspecified atom stereocenters. The van der Waals surface area contributed by atoms with Crippen LogP contribution < -0.4 is 20.1 Å². The maximum Gasteiger partial charge on any atom is 0.277 e. The molecule has 2 aliphatic carbocycles. The van der Waals surface area contributed by atoms with Crippen molar-refractivity contribution in [3.8, 4) is 0 Å². The van der Waals surface area contributed by atoms with E-state index in [-0.39, 0.29) is 18.6 Å². The van der Waals surface area contributed by atoms with Crippen LogP contribution in [0.15, 0.2) is 54.3 Å². The van der Waals surface area contributed by atoms with E-state index >= 15 is 0 Å². The van der Waals surface area contributed by atoms with Gasteiger partial charge >= 0.3 is 0 Å². The fourth-order valence-corrected chi connectivity index (χ4v) is 5.78. The van der Waals surface area contributed by atoms with Crippen molar-refractivity contribution >= 4 is 39.3 Å². The van der Waals surface area contributed by atoms with Crippen molar-refractivity contribution in [1.29, 1.82) is 0 Å². The summed E-state index contributed by atoms with van der Waals surface area (Å²) < 4.78 is 40.9. The number of ether oxygens (including phenoxy) is 2. The van der Waals surface area contributed by atoms with Gasteiger partial charge in [-0.2, -0.15) is 22.8 Å². The molecule has 1 aliphatic heterocycles. The van der Waals surface area contributed by atoms with Crippen LogP contribution in [0.5, 0.6) is 0 Å². The number of nitrogens with one attached hydrogen (secondary N) is 4. The summed E-state index contributed by atoms with van der Waals surface area (Å²) >= 11 is 6.38. The normalized spacial score (nSPS) is 23.3. The third-order valence-corrected chi connectivity index (χ3v) is 8.81. The molecular formula is C28H38ClN7O4S. The molecule has 2 fully saturated rings. The van der Waals surface area contributed by atoms with Crippen LogP contribution in [0.25, 0.3) is 0 Å². The summed E-state index contributed by atoms with van der Waals surface area (Å²) in [6.07, 6.45) is 9.59. The van der Waals surface area contributed by atoms with Crippen LogP contribution in [-0.4, -0.2) is 80.4 Å². The van der Waals surface area contributed by atoms with Gasteiger partial charge < -0.3 is 20.1 Å². The van der Waals surface area contributed by atoms with Gasteiger partial charge in [0.2, 0.25) is 5.95 Å². The van der Waals surface area contributed by atoms with E-state index in [1.54, 1.807) is 6.20 Å². The van der Waals surface area contributed by atoms with Crippen molar-refractivity contribution in [2.24, 2.45) is 0 Å². The fourth-order valence-electron chi connectivity index (χ4n) is 4.53. The SMILES string of the molecule is CC1=CC(Nc2ncc(Cl)c(Nc3ccc(CNS(=O)(=O)NC4CC4)cc3)n2)C=CC1(C)OCCN1CCOCC1. The number of hydrogen-bond acceptors (Lipinski definition) is 9. The van der Waals surface area contributed by atoms with Gasteiger partial charge in [-0.25, -0.2) is 4.98 Å². The minimum atomic E-state index is -3.50. The number of aromatic nitrogens is 2. The zero-order chi connectivity index (χ0) is 28.9. The van der Waals surface area contributed by atoms with Gasteiger partial charge in [-0.05, 0) is 50.0 Å². The highest BCUT2D eigenvalue weighted by Gasteiger charge is 2.29. The predicted molar refractivity (Wildman–Crippen MR) is 161 cm³/mol. The molecule has 1 aromatic heterocycles. The Morgan fingerprint density at radius 1 is 1.20 bits per heavy atom. The molecule has 2 atom stereocenters. The number of hydrogen-bond donors (Lipinski definition) is 4. The first-order valence-corrected chi connectivity index (χ1v) is 15.8. The van der Waals surface area contributed by atoms with Crippen LogP contribution in [0.2, 0.25) is 5.02 Å². The van der Waals surface area contributed by atoms with Gasteiger partial charge in [-0.1, -0.05) is 42.0 Å². The molecule has 222 valence electrons. The van der Waals surface area contributed by atoms with E-state index in [1.165, 1.54) is 0 Å². The largest absolute Gasteiger partial charge is 0.379 e. The third kappa shape index (κ3) is 8.71. The van der Waals surface area contributed by atoms with Gasteiger partial charge in [0, 0.05) is 37.9 Å². The second-order valence-corrected chi connectivity index (χ2v) is 12.7. The minimum absolute atomic E-state index is 0.0650. The highest BCUT2D eigenvalue weighted by Crippen LogP contribution is 2.29. The van der Waals surface area contributed by atoms with E-state index in [4.69, 9.17) is 21.1 Å². The first-order chi connectivity index (χ1) is 19.7. The van der Waals surface area contributed by atoms with Crippen LogP contribution in [0.4, 0.5) is 17.5 Å². The lowest BCUT2D eigenvalue weighted by molar-refractivity contribution is -0.00844. The molecule has 4 N–H and O–H groups in total. The number of anilines is 3. The molecule has 5 rings (SSSR count). The second-order valence-electron chi connectivity index (χ2n) is 10.7. The van der Waals surface area contributed by atoms with E-state index in [0.717, 1.165) is 62.5 Å². The molecule has 2 heterocycles. The van der Waals surface area contributed by atoms with E-state index in [1.807, 2.05) is 24.3 Å². The predicted octanol–water partition coefficient (Wildman–Crippen LogP) is 3.36. The first-order valence-electron chi connectivity index (χ1n) is 13.9. The summed E-state index contributed by atoms with van der Waals surface area (Å²) in [5.74, 6) is 0.893. The van der Waals surface area contributed by atoms with Gasteiger partial charge in [0.25, 0.3) is 10.2 Å². The van der Waals surface area contributed by atoms with Crippen LogP contribution in [0, 0.1) is 0 Å². The summed E-state index contributed by atoms with van der Waals surface area (Å²) in [4.78, 5) is 11.3. The van der Waals surface area contributed by atoms with Gasteiger partial charge in [-0.15, -0.1) is 0 Å². The lowest BCUT2D eigenvalue weighted by atomic mass is 9.89. The number of benzene rings is 1. The standard InChI is InChI=1S/C28H38ClN7O4S/c1-20-17-24(9-10-28(20,2)40-16-13-36-11-14-39-15-12-36)33-27-30-19-25(29)26(34-27)32-22-5-3-21(4-6-22)18-31-41(37,38)35-23-7-8-23/h3-6,9-10,17,19,23-24,31,35H,7-8,11-16,18H2,1-2H3,(H2,30,32,33,34).